The van der Waals surface area contributed by atoms with Crippen LogP contribution in [0.4, 0.5) is 4.39 Å². The molecule has 0 saturated carbocycles. The summed E-state index contributed by atoms with van der Waals surface area (Å²) in [6.07, 6.45) is 0.739. The van der Waals surface area contributed by atoms with Gasteiger partial charge >= 0.3 is 0 Å². The van der Waals surface area contributed by atoms with Gasteiger partial charge in [-0.2, -0.15) is 0 Å². The first-order valence-electron chi connectivity index (χ1n) is 9.24. The van der Waals surface area contributed by atoms with E-state index in [1.807, 2.05) is 31.2 Å². The Balaban J connectivity index is 0.00000420. The topological polar surface area (TPSA) is 74.8 Å². The maximum Gasteiger partial charge on any atom is 0.251 e. The van der Waals surface area contributed by atoms with Gasteiger partial charge in [-0.3, -0.25) is 9.79 Å². The van der Waals surface area contributed by atoms with Crippen LogP contribution in [0.3, 0.4) is 0 Å². The van der Waals surface area contributed by atoms with Gasteiger partial charge < -0.3 is 20.7 Å². The minimum absolute atomic E-state index is 0. The quantitative estimate of drug-likeness (QED) is 0.288. The Morgan fingerprint density at radius 2 is 1.93 bits per heavy atom. The summed E-state index contributed by atoms with van der Waals surface area (Å²) in [7, 11) is 3.29. The van der Waals surface area contributed by atoms with Crippen LogP contribution in [0.25, 0.3) is 0 Å². The zero-order chi connectivity index (χ0) is 20.4. The van der Waals surface area contributed by atoms with Crippen molar-refractivity contribution in [3.05, 3.63) is 65.0 Å². The van der Waals surface area contributed by atoms with Gasteiger partial charge in [0.05, 0.1) is 6.61 Å². The Hall–Kier alpha value is -2.36. The summed E-state index contributed by atoms with van der Waals surface area (Å²) in [5.74, 6) is 0.402. The van der Waals surface area contributed by atoms with E-state index in [4.69, 9.17) is 4.74 Å². The Labute approximate surface area is 188 Å². The van der Waals surface area contributed by atoms with E-state index in [-0.39, 0.29) is 41.5 Å². The number of carbonyl (C=O) groups excluding carboxylic acids is 1. The number of rotatable bonds is 8. The van der Waals surface area contributed by atoms with Crippen molar-refractivity contribution in [1.82, 2.24) is 16.0 Å². The molecule has 158 valence electrons. The monoisotopic (exact) mass is 514 g/mol. The van der Waals surface area contributed by atoms with Gasteiger partial charge in [0.2, 0.25) is 0 Å². The predicted molar refractivity (Wildman–Crippen MR) is 125 cm³/mol. The van der Waals surface area contributed by atoms with Crippen molar-refractivity contribution in [3.8, 4) is 5.75 Å². The number of ether oxygens (including phenoxy) is 1. The highest BCUT2D eigenvalue weighted by Gasteiger charge is 2.06. The van der Waals surface area contributed by atoms with Crippen LogP contribution in [0.5, 0.6) is 5.75 Å². The van der Waals surface area contributed by atoms with Gasteiger partial charge in [0.1, 0.15) is 0 Å². The number of benzene rings is 2. The van der Waals surface area contributed by atoms with Crippen molar-refractivity contribution in [2.75, 3.05) is 27.2 Å². The Morgan fingerprint density at radius 3 is 2.59 bits per heavy atom. The van der Waals surface area contributed by atoms with Gasteiger partial charge in [0, 0.05) is 32.7 Å². The molecule has 0 saturated heterocycles. The average Bonchev–Trinajstić information content (AvgIpc) is 2.72. The first-order valence-corrected chi connectivity index (χ1v) is 9.24. The van der Waals surface area contributed by atoms with E-state index in [1.54, 1.807) is 26.2 Å². The fraction of sp³-hybridized carbons (Fsp3) is 0.333. The predicted octanol–water partition coefficient (Wildman–Crippen LogP) is 3.11. The molecular formula is C21H28FIN4O2. The third kappa shape index (κ3) is 7.88. The van der Waals surface area contributed by atoms with E-state index >= 15 is 0 Å². The third-order valence-electron chi connectivity index (χ3n) is 4.10. The van der Waals surface area contributed by atoms with Crippen LogP contribution in [-0.4, -0.2) is 39.1 Å². The molecule has 0 unspecified atom stereocenters. The molecular weight excluding hydrogens is 486 g/mol. The van der Waals surface area contributed by atoms with Crippen molar-refractivity contribution in [2.24, 2.45) is 4.99 Å². The van der Waals surface area contributed by atoms with Crippen molar-refractivity contribution in [1.29, 1.82) is 0 Å². The molecule has 0 aliphatic carbocycles. The lowest BCUT2D eigenvalue weighted by atomic mass is 10.1. The van der Waals surface area contributed by atoms with Crippen molar-refractivity contribution in [3.63, 3.8) is 0 Å². The summed E-state index contributed by atoms with van der Waals surface area (Å²) < 4.78 is 19.1. The Bertz CT molecular complexity index is 830. The highest BCUT2D eigenvalue weighted by Crippen LogP contribution is 2.18. The standard InChI is InChI=1S/C21H27FN4O2.HI/c1-4-28-19-9-8-16(13-18(19)22)14-26-21(24-3)25-11-10-15-6-5-7-17(12-15)20(27)23-2;/h5-9,12-13H,4,10-11,14H2,1-3H3,(H,23,27)(H2,24,25,26);1H. The van der Waals surface area contributed by atoms with Crippen LogP contribution >= 0.6 is 24.0 Å². The zero-order valence-corrected chi connectivity index (χ0v) is 19.3. The summed E-state index contributed by atoms with van der Waals surface area (Å²) in [5.41, 5.74) is 2.49. The first-order chi connectivity index (χ1) is 13.6. The van der Waals surface area contributed by atoms with Crippen molar-refractivity contribution < 1.29 is 13.9 Å². The molecule has 29 heavy (non-hydrogen) atoms. The smallest absolute Gasteiger partial charge is 0.251 e. The lowest BCUT2D eigenvalue weighted by molar-refractivity contribution is 0.0963. The molecule has 0 aliphatic rings. The highest BCUT2D eigenvalue weighted by molar-refractivity contribution is 14.0. The summed E-state index contributed by atoms with van der Waals surface area (Å²) >= 11 is 0. The lowest BCUT2D eigenvalue weighted by Gasteiger charge is -2.13. The van der Waals surface area contributed by atoms with Gasteiger partial charge in [-0.1, -0.05) is 18.2 Å². The van der Waals surface area contributed by atoms with Crippen LogP contribution in [0, 0.1) is 5.82 Å². The second-order valence-electron chi connectivity index (χ2n) is 6.08. The van der Waals surface area contributed by atoms with E-state index < -0.39 is 0 Å². The van der Waals surface area contributed by atoms with Crippen molar-refractivity contribution >= 4 is 35.8 Å². The summed E-state index contributed by atoms with van der Waals surface area (Å²) in [6, 6.07) is 12.4. The molecule has 2 aromatic rings. The van der Waals surface area contributed by atoms with E-state index in [1.165, 1.54) is 6.07 Å². The normalized spacial score (nSPS) is 10.7. The number of carbonyl (C=O) groups is 1. The molecule has 2 aromatic carbocycles. The Morgan fingerprint density at radius 1 is 1.14 bits per heavy atom. The third-order valence-corrected chi connectivity index (χ3v) is 4.10. The molecule has 1 amide bonds. The molecule has 0 spiro atoms. The minimum Gasteiger partial charge on any atom is -0.491 e. The minimum atomic E-state index is -0.375. The largest absolute Gasteiger partial charge is 0.491 e. The van der Waals surface area contributed by atoms with E-state index in [9.17, 15) is 9.18 Å². The molecule has 0 heterocycles. The van der Waals surface area contributed by atoms with Crippen LogP contribution in [0.2, 0.25) is 0 Å². The number of guanidine groups is 1. The number of nitrogens with one attached hydrogen (secondary N) is 3. The number of hydrogen-bond donors (Lipinski definition) is 3. The van der Waals surface area contributed by atoms with Crippen LogP contribution < -0.4 is 20.7 Å². The van der Waals surface area contributed by atoms with Crippen LogP contribution in [0.15, 0.2) is 47.5 Å². The summed E-state index contributed by atoms with van der Waals surface area (Å²) in [6.45, 7) is 3.33. The molecule has 0 atom stereocenters. The van der Waals surface area contributed by atoms with Gasteiger partial charge in [-0.05, 0) is 48.7 Å². The van der Waals surface area contributed by atoms with Gasteiger partial charge in [0.25, 0.3) is 5.91 Å². The molecule has 0 fully saturated rings. The maximum atomic E-state index is 13.9. The number of amides is 1. The zero-order valence-electron chi connectivity index (χ0n) is 16.9. The molecule has 0 aliphatic heterocycles. The van der Waals surface area contributed by atoms with Crippen LogP contribution in [0.1, 0.15) is 28.4 Å². The highest BCUT2D eigenvalue weighted by atomic mass is 127. The second kappa shape index (κ2) is 13.0. The fourth-order valence-corrected chi connectivity index (χ4v) is 2.67. The van der Waals surface area contributed by atoms with E-state index in [0.29, 0.717) is 31.2 Å². The van der Waals surface area contributed by atoms with E-state index in [2.05, 4.69) is 20.9 Å². The van der Waals surface area contributed by atoms with Crippen LogP contribution in [-0.2, 0) is 13.0 Å². The number of nitrogens with zero attached hydrogens (tertiary/aromatic N) is 1. The molecule has 6 nitrogen and oxygen atoms in total. The molecule has 8 heteroatoms. The maximum absolute atomic E-state index is 13.9. The lowest BCUT2D eigenvalue weighted by Crippen LogP contribution is -2.37. The van der Waals surface area contributed by atoms with Gasteiger partial charge in [-0.25, -0.2) is 4.39 Å². The number of aliphatic imine (C=N–C) groups is 1. The van der Waals surface area contributed by atoms with Crippen molar-refractivity contribution in [2.45, 2.75) is 19.9 Å². The average molecular weight is 514 g/mol. The molecule has 0 radical (unpaired) electrons. The SMILES string of the molecule is CCOc1ccc(CNC(=NC)NCCc2cccc(C(=O)NC)c2)cc1F.I. The Kier molecular flexibility index (Phi) is 11.0. The molecule has 3 N–H and O–H groups in total. The molecule has 2 rings (SSSR count). The molecule has 0 aromatic heterocycles. The fourth-order valence-electron chi connectivity index (χ4n) is 2.67. The first kappa shape index (κ1) is 24.7. The summed E-state index contributed by atoms with van der Waals surface area (Å²) in [5, 5.41) is 8.99. The van der Waals surface area contributed by atoms with Gasteiger partial charge in [-0.15, -0.1) is 24.0 Å². The second-order valence-corrected chi connectivity index (χ2v) is 6.08. The summed E-state index contributed by atoms with van der Waals surface area (Å²) in [4.78, 5) is 15.9. The van der Waals surface area contributed by atoms with E-state index in [0.717, 1.165) is 17.5 Å². The molecule has 0 bridgehead atoms. The van der Waals surface area contributed by atoms with Gasteiger partial charge in [0.15, 0.2) is 17.5 Å². The number of hydrogen-bond acceptors (Lipinski definition) is 3. The number of halogens is 2.